The van der Waals surface area contributed by atoms with E-state index in [9.17, 15) is 0 Å². The molecule has 1 aliphatic heterocycles. The molecule has 3 aromatic rings. The van der Waals surface area contributed by atoms with Gasteiger partial charge in [-0.1, -0.05) is 36.4 Å². The summed E-state index contributed by atoms with van der Waals surface area (Å²) in [7, 11) is 0. The number of fused-ring (bicyclic) bond motifs is 1. The van der Waals surface area contributed by atoms with Crippen LogP contribution in [0.1, 0.15) is 20.3 Å². The van der Waals surface area contributed by atoms with Gasteiger partial charge in [-0.05, 0) is 36.8 Å². The fourth-order valence-electron chi connectivity index (χ4n) is 4.22. The first-order valence-corrected chi connectivity index (χ1v) is 10.2. The molecule has 0 amide bonds. The quantitative estimate of drug-likeness (QED) is 0.647. The highest BCUT2D eigenvalue weighted by Crippen LogP contribution is 2.25. The monoisotopic (exact) mass is 361 g/mol. The van der Waals surface area contributed by atoms with Gasteiger partial charge in [0.2, 0.25) is 5.95 Å². The van der Waals surface area contributed by atoms with Gasteiger partial charge in [-0.25, -0.2) is 9.97 Å². The third kappa shape index (κ3) is 3.67. The molecular weight excluding hydrogens is 332 g/mol. The lowest BCUT2D eigenvalue weighted by Gasteiger charge is -2.35. The highest BCUT2D eigenvalue weighted by Gasteiger charge is 2.28. The molecule has 1 aromatic heterocycles. The molecule has 4 heteroatoms. The SMILES string of the molecule is CC[N+]1(CC)CCCN(c2nccc(-c3ccc4ccccc4c3)n2)CC1. The molecule has 2 aromatic carbocycles. The maximum Gasteiger partial charge on any atom is 0.226 e. The highest BCUT2D eigenvalue weighted by atomic mass is 15.4. The van der Waals surface area contributed by atoms with Gasteiger partial charge in [-0.2, -0.15) is 0 Å². The van der Waals surface area contributed by atoms with E-state index in [2.05, 4.69) is 66.2 Å². The topological polar surface area (TPSA) is 29.0 Å². The predicted octanol–water partition coefficient (Wildman–Crippen LogP) is 4.36. The average molecular weight is 362 g/mol. The zero-order chi connectivity index (χ0) is 18.7. The van der Waals surface area contributed by atoms with Gasteiger partial charge in [0.25, 0.3) is 0 Å². The van der Waals surface area contributed by atoms with Crippen LogP contribution in [-0.4, -0.2) is 53.7 Å². The standard InChI is InChI=1S/C23H29N4/c1-3-27(4-2)16-7-14-26(15-17-27)23-24-13-12-22(25-23)21-11-10-19-8-5-6-9-20(19)18-21/h5-6,8-13,18H,3-4,7,14-17H2,1-2H3/q+1. The Balaban J connectivity index is 1.60. The second-order valence-electron chi connectivity index (χ2n) is 7.57. The van der Waals surface area contributed by atoms with E-state index in [0.29, 0.717) is 0 Å². The fourth-order valence-corrected chi connectivity index (χ4v) is 4.22. The summed E-state index contributed by atoms with van der Waals surface area (Å²) in [6.07, 6.45) is 3.10. The molecule has 0 spiro atoms. The van der Waals surface area contributed by atoms with E-state index in [4.69, 9.17) is 4.98 Å². The maximum absolute atomic E-state index is 4.92. The predicted molar refractivity (Wildman–Crippen MR) is 113 cm³/mol. The third-order valence-corrected chi connectivity index (χ3v) is 6.22. The van der Waals surface area contributed by atoms with Crippen LogP contribution in [-0.2, 0) is 0 Å². The van der Waals surface area contributed by atoms with Gasteiger partial charge >= 0.3 is 0 Å². The number of nitrogens with zero attached hydrogens (tertiary/aromatic N) is 4. The van der Waals surface area contributed by atoms with Crippen molar-refractivity contribution in [2.75, 3.05) is 44.2 Å². The third-order valence-electron chi connectivity index (χ3n) is 6.22. The zero-order valence-electron chi connectivity index (χ0n) is 16.4. The first-order valence-electron chi connectivity index (χ1n) is 10.2. The van der Waals surface area contributed by atoms with Gasteiger partial charge in [0.05, 0.1) is 38.4 Å². The van der Waals surface area contributed by atoms with E-state index in [0.717, 1.165) is 30.3 Å². The normalized spacial score (nSPS) is 17.0. The van der Waals surface area contributed by atoms with E-state index in [1.54, 1.807) is 0 Å². The van der Waals surface area contributed by atoms with Crippen LogP contribution in [0.5, 0.6) is 0 Å². The van der Waals surface area contributed by atoms with Crippen LogP contribution >= 0.6 is 0 Å². The van der Waals surface area contributed by atoms with Crippen LogP contribution in [0.15, 0.2) is 54.7 Å². The van der Waals surface area contributed by atoms with E-state index >= 15 is 0 Å². The van der Waals surface area contributed by atoms with Gasteiger partial charge in [0.15, 0.2) is 0 Å². The van der Waals surface area contributed by atoms with Crippen molar-refractivity contribution in [3.8, 4) is 11.3 Å². The van der Waals surface area contributed by atoms with Crippen molar-refractivity contribution < 1.29 is 4.48 Å². The number of rotatable bonds is 4. The number of aromatic nitrogens is 2. The minimum Gasteiger partial charge on any atom is -0.335 e. The minimum atomic E-state index is 0.868. The van der Waals surface area contributed by atoms with Crippen LogP contribution < -0.4 is 4.90 Å². The van der Waals surface area contributed by atoms with Gasteiger partial charge in [-0.15, -0.1) is 0 Å². The molecular formula is C23H29N4+. The second kappa shape index (κ2) is 7.65. The summed E-state index contributed by atoms with van der Waals surface area (Å²) in [6, 6.07) is 17.0. The molecule has 0 bridgehead atoms. The molecule has 0 radical (unpaired) electrons. The van der Waals surface area contributed by atoms with Crippen molar-refractivity contribution in [3.05, 3.63) is 54.7 Å². The van der Waals surface area contributed by atoms with Crippen molar-refractivity contribution >= 4 is 16.7 Å². The molecule has 4 rings (SSSR count). The second-order valence-corrected chi connectivity index (χ2v) is 7.57. The number of hydrogen-bond acceptors (Lipinski definition) is 3. The van der Waals surface area contributed by atoms with Crippen LogP contribution in [0.4, 0.5) is 5.95 Å². The first-order chi connectivity index (χ1) is 13.2. The lowest BCUT2D eigenvalue weighted by molar-refractivity contribution is -0.922. The molecule has 2 heterocycles. The summed E-state index contributed by atoms with van der Waals surface area (Å²) in [5, 5.41) is 2.51. The summed E-state index contributed by atoms with van der Waals surface area (Å²) in [5.41, 5.74) is 2.15. The Labute approximate surface area is 162 Å². The Morgan fingerprint density at radius 2 is 1.74 bits per heavy atom. The minimum absolute atomic E-state index is 0.868. The zero-order valence-corrected chi connectivity index (χ0v) is 16.4. The Morgan fingerprint density at radius 3 is 2.56 bits per heavy atom. The lowest BCUT2D eigenvalue weighted by Crippen LogP contribution is -2.50. The number of likely N-dealkylation sites (N-methyl/N-ethyl adjacent to an activating group) is 1. The molecule has 0 aliphatic carbocycles. The van der Waals surface area contributed by atoms with Gasteiger partial charge in [0, 0.05) is 24.7 Å². The fraction of sp³-hybridized carbons (Fsp3) is 0.391. The van der Waals surface area contributed by atoms with E-state index in [1.807, 2.05) is 12.3 Å². The largest absolute Gasteiger partial charge is 0.335 e. The Hall–Kier alpha value is -2.46. The van der Waals surface area contributed by atoms with Crippen LogP contribution in [0.25, 0.3) is 22.0 Å². The summed E-state index contributed by atoms with van der Waals surface area (Å²) in [5.74, 6) is 0.868. The average Bonchev–Trinajstić information content (AvgIpc) is 2.97. The van der Waals surface area contributed by atoms with E-state index in [1.165, 1.54) is 47.9 Å². The number of quaternary nitrogens is 1. The molecule has 1 aliphatic rings. The van der Waals surface area contributed by atoms with E-state index < -0.39 is 0 Å². The molecule has 140 valence electrons. The first kappa shape index (κ1) is 17.9. The van der Waals surface area contributed by atoms with Crippen molar-refractivity contribution in [1.82, 2.24) is 9.97 Å². The Bertz CT molecular complexity index is 917. The Kier molecular flexibility index (Phi) is 5.08. The van der Waals surface area contributed by atoms with Crippen LogP contribution in [0, 0.1) is 0 Å². The van der Waals surface area contributed by atoms with Gasteiger partial charge < -0.3 is 9.38 Å². The maximum atomic E-state index is 4.92. The molecule has 4 nitrogen and oxygen atoms in total. The van der Waals surface area contributed by atoms with Crippen molar-refractivity contribution in [2.45, 2.75) is 20.3 Å². The molecule has 0 saturated carbocycles. The van der Waals surface area contributed by atoms with E-state index in [-0.39, 0.29) is 0 Å². The number of benzene rings is 2. The van der Waals surface area contributed by atoms with Crippen LogP contribution in [0.2, 0.25) is 0 Å². The highest BCUT2D eigenvalue weighted by molar-refractivity contribution is 5.86. The van der Waals surface area contributed by atoms with Crippen molar-refractivity contribution in [3.63, 3.8) is 0 Å². The summed E-state index contributed by atoms with van der Waals surface area (Å²) < 4.78 is 1.21. The summed E-state index contributed by atoms with van der Waals surface area (Å²) in [4.78, 5) is 11.9. The molecule has 0 atom stereocenters. The molecule has 27 heavy (non-hydrogen) atoms. The van der Waals surface area contributed by atoms with Crippen molar-refractivity contribution in [2.24, 2.45) is 0 Å². The summed E-state index contributed by atoms with van der Waals surface area (Å²) in [6.45, 7) is 11.6. The molecule has 0 N–H and O–H groups in total. The van der Waals surface area contributed by atoms with Gasteiger partial charge in [-0.3, -0.25) is 0 Å². The summed E-state index contributed by atoms with van der Waals surface area (Å²) >= 11 is 0. The van der Waals surface area contributed by atoms with Crippen molar-refractivity contribution in [1.29, 1.82) is 0 Å². The molecule has 1 saturated heterocycles. The Morgan fingerprint density at radius 1 is 0.926 bits per heavy atom. The lowest BCUT2D eigenvalue weighted by atomic mass is 10.1. The number of anilines is 1. The number of hydrogen-bond donors (Lipinski definition) is 0. The van der Waals surface area contributed by atoms with Crippen LogP contribution in [0.3, 0.4) is 0 Å². The molecule has 0 unspecified atom stereocenters. The van der Waals surface area contributed by atoms with Gasteiger partial charge in [0.1, 0.15) is 0 Å². The smallest absolute Gasteiger partial charge is 0.226 e. The molecule has 1 fully saturated rings.